The van der Waals surface area contributed by atoms with Crippen molar-refractivity contribution < 1.29 is 9.53 Å². The summed E-state index contributed by atoms with van der Waals surface area (Å²) >= 11 is 0. The first-order chi connectivity index (χ1) is 7.12. The van der Waals surface area contributed by atoms with E-state index in [1.54, 1.807) is 0 Å². The van der Waals surface area contributed by atoms with Crippen molar-refractivity contribution in [3.8, 4) is 0 Å². The molecule has 0 fully saturated rings. The minimum atomic E-state index is -0.325. The van der Waals surface area contributed by atoms with Crippen LogP contribution < -0.4 is 0 Å². The monoisotopic (exact) mass is 206 g/mol. The Morgan fingerprint density at radius 1 is 1.47 bits per heavy atom. The van der Waals surface area contributed by atoms with Crippen molar-refractivity contribution in [1.29, 1.82) is 0 Å². The average molecular weight is 206 g/mol. The van der Waals surface area contributed by atoms with Gasteiger partial charge in [0, 0.05) is 0 Å². The van der Waals surface area contributed by atoms with Crippen LogP contribution in [-0.4, -0.2) is 13.1 Å². The van der Waals surface area contributed by atoms with Crippen molar-refractivity contribution in [2.45, 2.75) is 33.1 Å². The van der Waals surface area contributed by atoms with Gasteiger partial charge in [0.15, 0.2) is 0 Å². The molecule has 2 aliphatic rings. The molecule has 0 aromatic heterocycles. The van der Waals surface area contributed by atoms with Gasteiger partial charge >= 0.3 is 5.97 Å². The van der Waals surface area contributed by atoms with Crippen LogP contribution in [0.5, 0.6) is 0 Å². The van der Waals surface area contributed by atoms with Crippen LogP contribution in [0.2, 0.25) is 0 Å². The molecule has 0 N–H and O–H groups in total. The molecule has 0 aliphatic heterocycles. The van der Waals surface area contributed by atoms with E-state index in [0.717, 1.165) is 19.3 Å². The molecule has 0 spiro atoms. The number of carbonyl (C=O) groups excluding carboxylic acids is 1. The minimum Gasteiger partial charge on any atom is -0.468 e. The molecule has 2 rings (SSSR count). The van der Waals surface area contributed by atoms with Crippen LogP contribution in [0.3, 0.4) is 0 Å². The zero-order valence-electron chi connectivity index (χ0n) is 9.67. The van der Waals surface area contributed by atoms with Crippen LogP contribution in [0, 0.1) is 11.3 Å². The third-order valence-electron chi connectivity index (χ3n) is 3.61. The molecule has 0 unspecified atom stereocenters. The highest BCUT2D eigenvalue weighted by atomic mass is 16.5. The average Bonchev–Trinajstić information content (AvgIpc) is 2.73. The van der Waals surface area contributed by atoms with Crippen molar-refractivity contribution in [3.63, 3.8) is 0 Å². The van der Waals surface area contributed by atoms with Crippen molar-refractivity contribution in [2.24, 2.45) is 11.3 Å². The molecule has 0 amide bonds. The highest BCUT2D eigenvalue weighted by Crippen LogP contribution is 2.52. The van der Waals surface area contributed by atoms with Gasteiger partial charge in [0.1, 0.15) is 0 Å². The number of rotatable bonds is 2. The second kappa shape index (κ2) is 3.51. The summed E-state index contributed by atoms with van der Waals surface area (Å²) in [6.07, 6.45) is 7.19. The number of hydrogen-bond acceptors (Lipinski definition) is 2. The first-order valence-corrected chi connectivity index (χ1v) is 5.61. The van der Waals surface area contributed by atoms with Gasteiger partial charge in [-0.3, -0.25) is 4.79 Å². The van der Waals surface area contributed by atoms with E-state index in [9.17, 15) is 4.79 Å². The molecule has 82 valence electrons. The predicted molar refractivity (Wildman–Crippen MR) is 59.3 cm³/mol. The topological polar surface area (TPSA) is 26.3 Å². The Morgan fingerprint density at radius 3 is 2.80 bits per heavy atom. The first kappa shape index (κ1) is 10.5. The Morgan fingerprint density at radius 2 is 2.20 bits per heavy atom. The minimum absolute atomic E-state index is 0.0573. The number of fused-ring (bicyclic) bond motifs is 1. The zero-order chi connectivity index (χ0) is 11.1. The number of carbonyl (C=O) groups is 1. The van der Waals surface area contributed by atoms with Crippen LogP contribution in [0.15, 0.2) is 23.3 Å². The fourth-order valence-corrected chi connectivity index (χ4v) is 2.83. The molecule has 1 atom stereocenters. The Bertz CT molecular complexity index is 350. The molecule has 0 radical (unpaired) electrons. The van der Waals surface area contributed by atoms with Gasteiger partial charge in [-0.05, 0) is 36.3 Å². The Balaban J connectivity index is 2.34. The third-order valence-corrected chi connectivity index (χ3v) is 3.61. The lowest BCUT2D eigenvalue weighted by Crippen LogP contribution is -2.29. The van der Waals surface area contributed by atoms with Gasteiger partial charge in [0.2, 0.25) is 0 Å². The molecule has 0 saturated carbocycles. The van der Waals surface area contributed by atoms with Crippen LogP contribution >= 0.6 is 0 Å². The quantitative estimate of drug-likeness (QED) is 0.649. The van der Waals surface area contributed by atoms with Crippen LogP contribution in [-0.2, 0) is 9.53 Å². The Hall–Kier alpha value is -1.05. The summed E-state index contributed by atoms with van der Waals surface area (Å²) in [5, 5.41) is 0. The van der Waals surface area contributed by atoms with E-state index in [0.29, 0.717) is 5.92 Å². The second-order valence-corrected chi connectivity index (χ2v) is 4.75. The fraction of sp³-hybridized carbons (Fsp3) is 0.615. The predicted octanol–water partition coefficient (Wildman–Crippen LogP) is 2.85. The molecule has 2 aliphatic carbocycles. The third kappa shape index (κ3) is 1.35. The van der Waals surface area contributed by atoms with Crippen molar-refractivity contribution in [3.05, 3.63) is 23.3 Å². The summed E-state index contributed by atoms with van der Waals surface area (Å²) in [6.45, 7) is 4.36. The highest BCUT2D eigenvalue weighted by molar-refractivity contribution is 5.84. The molecule has 15 heavy (non-hydrogen) atoms. The van der Waals surface area contributed by atoms with E-state index in [1.807, 2.05) is 0 Å². The molecular formula is C13H18O2. The second-order valence-electron chi connectivity index (χ2n) is 4.75. The van der Waals surface area contributed by atoms with Crippen LogP contribution in [0.25, 0.3) is 0 Å². The maximum absolute atomic E-state index is 11.9. The Labute approximate surface area is 91.0 Å². The largest absolute Gasteiger partial charge is 0.468 e. The lowest BCUT2D eigenvalue weighted by molar-refractivity contribution is -0.149. The van der Waals surface area contributed by atoms with Gasteiger partial charge in [0.25, 0.3) is 0 Å². The van der Waals surface area contributed by atoms with Crippen molar-refractivity contribution >= 4 is 5.97 Å². The number of methoxy groups -OCH3 is 1. The Kier molecular flexibility index (Phi) is 2.45. The van der Waals surface area contributed by atoms with E-state index in [1.165, 1.54) is 18.3 Å². The summed E-state index contributed by atoms with van der Waals surface area (Å²) in [6, 6.07) is 0. The first-order valence-electron chi connectivity index (χ1n) is 5.61. The standard InChI is InChI=1S/C13H18O2/c1-9(2)10-6-8-13(12(14)15-3)7-4-5-11(10)13/h5-6,9H,4,7-8H2,1-3H3/t13-/m0/s1. The number of hydrogen-bond donors (Lipinski definition) is 0. The van der Waals surface area contributed by atoms with Gasteiger partial charge in [-0.1, -0.05) is 26.0 Å². The van der Waals surface area contributed by atoms with Gasteiger partial charge in [-0.15, -0.1) is 0 Å². The molecular weight excluding hydrogens is 188 g/mol. The number of ether oxygens (including phenoxy) is 1. The van der Waals surface area contributed by atoms with E-state index in [-0.39, 0.29) is 11.4 Å². The van der Waals surface area contributed by atoms with Crippen LogP contribution in [0.4, 0.5) is 0 Å². The smallest absolute Gasteiger partial charge is 0.316 e. The highest BCUT2D eigenvalue weighted by Gasteiger charge is 2.49. The van der Waals surface area contributed by atoms with E-state index in [2.05, 4.69) is 26.0 Å². The van der Waals surface area contributed by atoms with Crippen LogP contribution in [0.1, 0.15) is 33.1 Å². The molecule has 0 heterocycles. The number of allylic oxidation sites excluding steroid dienone is 3. The normalized spacial score (nSPS) is 28.8. The maximum Gasteiger partial charge on any atom is 0.316 e. The molecule has 0 saturated heterocycles. The van der Waals surface area contributed by atoms with E-state index < -0.39 is 0 Å². The maximum atomic E-state index is 11.9. The lowest BCUT2D eigenvalue weighted by atomic mass is 9.79. The zero-order valence-corrected chi connectivity index (χ0v) is 9.67. The van der Waals surface area contributed by atoms with Gasteiger partial charge in [0.05, 0.1) is 12.5 Å². The molecule has 0 aromatic rings. The fourth-order valence-electron chi connectivity index (χ4n) is 2.83. The summed E-state index contributed by atoms with van der Waals surface area (Å²) in [7, 11) is 1.49. The van der Waals surface area contributed by atoms with Gasteiger partial charge in [-0.2, -0.15) is 0 Å². The SMILES string of the molecule is COC(=O)[C@@]12CC=C(C(C)C)C1=CCC2. The van der Waals surface area contributed by atoms with E-state index >= 15 is 0 Å². The molecule has 2 heteroatoms. The summed E-state index contributed by atoms with van der Waals surface area (Å²) in [4.78, 5) is 11.9. The number of esters is 1. The lowest BCUT2D eigenvalue weighted by Gasteiger charge is -2.25. The molecule has 0 aromatic carbocycles. The summed E-state index contributed by atoms with van der Waals surface area (Å²) < 4.78 is 4.95. The summed E-state index contributed by atoms with van der Waals surface area (Å²) in [5.41, 5.74) is 2.26. The van der Waals surface area contributed by atoms with Crippen molar-refractivity contribution in [1.82, 2.24) is 0 Å². The van der Waals surface area contributed by atoms with Gasteiger partial charge < -0.3 is 4.74 Å². The summed E-state index contributed by atoms with van der Waals surface area (Å²) in [5.74, 6) is 0.444. The molecule has 0 bridgehead atoms. The van der Waals surface area contributed by atoms with E-state index in [4.69, 9.17) is 4.74 Å². The molecule has 2 nitrogen and oxygen atoms in total. The van der Waals surface area contributed by atoms with Crippen molar-refractivity contribution in [2.75, 3.05) is 7.11 Å². The van der Waals surface area contributed by atoms with Gasteiger partial charge in [-0.25, -0.2) is 0 Å².